The lowest BCUT2D eigenvalue weighted by Gasteiger charge is -2.15. The summed E-state index contributed by atoms with van der Waals surface area (Å²) in [4.78, 5) is 0. The van der Waals surface area contributed by atoms with E-state index in [1.54, 1.807) is 12.1 Å². The first-order chi connectivity index (χ1) is 7.26. The Morgan fingerprint density at radius 3 is 2.87 bits per heavy atom. The minimum Gasteiger partial charge on any atom is -0.380 e. The van der Waals surface area contributed by atoms with Gasteiger partial charge in [-0.3, -0.25) is 0 Å². The Bertz CT molecular complexity index is 291. The van der Waals surface area contributed by atoms with Crippen LogP contribution in [0.2, 0.25) is 0 Å². The van der Waals surface area contributed by atoms with E-state index in [-0.39, 0.29) is 11.9 Å². The van der Waals surface area contributed by atoms with Crippen molar-refractivity contribution in [3.05, 3.63) is 35.6 Å². The van der Waals surface area contributed by atoms with Gasteiger partial charge in [-0.2, -0.15) is 0 Å². The average molecular weight is 211 g/mol. The normalized spacial score (nSPS) is 12.7. The van der Waals surface area contributed by atoms with Crippen molar-refractivity contribution in [2.45, 2.75) is 19.4 Å². The SMILES string of the molecule is CCOCC(Cc1cccc(F)c1)NC. The summed E-state index contributed by atoms with van der Waals surface area (Å²) in [7, 11) is 1.89. The van der Waals surface area contributed by atoms with Crippen molar-refractivity contribution in [2.75, 3.05) is 20.3 Å². The van der Waals surface area contributed by atoms with E-state index in [0.717, 1.165) is 12.0 Å². The van der Waals surface area contributed by atoms with Gasteiger partial charge in [-0.25, -0.2) is 4.39 Å². The second kappa shape index (κ2) is 6.53. The zero-order valence-electron chi connectivity index (χ0n) is 9.29. The van der Waals surface area contributed by atoms with Crippen molar-refractivity contribution in [3.8, 4) is 0 Å². The van der Waals surface area contributed by atoms with Crippen molar-refractivity contribution < 1.29 is 9.13 Å². The summed E-state index contributed by atoms with van der Waals surface area (Å²) in [6, 6.07) is 6.93. The number of rotatable bonds is 6. The molecule has 1 N–H and O–H groups in total. The van der Waals surface area contributed by atoms with Crippen LogP contribution in [0, 0.1) is 5.82 Å². The summed E-state index contributed by atoms with van der Waals surface area (Å²) in [5.41, 5.74) is 0.994. The lowest BCUT2D eigenvalue weighted by molar-refractivity contribution is 0.125. The van der Waals surface area contributed by atoms with Crippen LogP contribution in [-0.4, -0.2) is 26.3 Å². The van der Waals surface area contributed by atoms with Gasteiger partial charge < -0.3 is 10.1 Å². The van der Waals surface area contributed by atoms with Crippen LogP contribution in [0.25, 0.3) is 0 Å². The quantitative estimate of drug-likeness (QED) is 0.777. The highest BCUT2D eigenvalue weighted by Gasteiger charge is 2.07. The molecule has 84 valence electrons. The highest BCUT2D eigenvalue weighted by Crippen LogP contribution is 2.06. The molecule has 0 aliphatic rings. The minimum atomic E-state index is -0.182. The maximum Gasteiger partial charge on any atom is 0.123 e. The second-order valence-electron chi connectivity index (χ2n) is 3.48. The van der Waals surface area contributed by atoms with Crippen LogP contribution in [-0.2, 0) is 11.2 Å². The first-order valence-electron chi connectivity index (χ1n) is 5.25. The lowest BCUT2D eigenvalue weighted by atomic mass is 10.1. The first kappa shape index (κ1) is 12.1. The van der Waals surface area contributed by atoms with Crippen LogP contribution in [0.4, 0.5) is 4.39 Å². The van der Waals surface area contributed by atoms with E-state index < -0.39 is 0 Å². The van der Waals surface area contributed by atoms with Crippen LogP contribution < -0.4 is 5.32 Å². The molecule has 0 spiro atoms. The molecular formula is C12H18FNO. The molecule has 0 fully saturated rings. The summed E-state index contributed by atoms with van der Waals surface area (Å²) in [5.74, 6) is -0.182. The van der Waals surface area contributed by atoms with Gasteiger partial charge >= 0.3 is 0 Å². The highest BCUT2D eigenvalue weighted by atomic mass is 19.1. The largest absolute Gasteiger partial charge is 0.380 e. The van der Waals surface area contributed by atoms with Gasteiger partial charge in [-0.1, -0.05) is 12.1 Å². The number of hydrogen-bond acceptors (Lipinski definition) is 2. The van der Waals surface area contributed by atoms with Crippen LogP contribution in [0.1, 0.15) is 12.5 Å². The van der Waals surface area contributed by atoms with E-state index in [1.807, 2.05) is 20.0 Å². The summed E-state index contributed by atoms with van der Waals surface area (Å²) in [5, 5.41) is 3.16. The molecule has 1 unspecified atom stereocenters. The molecule has 2 nitrogen and oxygen atoms in total. The van der Waals surface area contributed by atoms with E-state index in [4.69, 9.17) is 4.74 Å². The third-order valence-corrected chi connectivity index (χ3v) is 2.30. The Labute approximate surface area is 90.4 Å². The third kappa shape index (κ3) is 4.40. The second-order valence-corrected chi connectivity index (χ2v) is 3.48. The van der Waals surface area contributed by atoms with Crippen LogP contribution >= 0.6 is 0 Å². The van der Waals surface area contributed by atoms with E-state index in [0.29, 0.717) is 13.2 Å². The zero-order valence-corrected chi connectivity index (χ0v) is 9.29. The summed E-state index contributed by atoms with van der Waals surface area (Å²) in [6.45, 7) is 3.33. The topological polar surface area (TPSA) is 21.3 Å². The predicted octanol–water partition coefficient (Wildman–Crippen LogP) is 1.99. The van der Waals surface area contributed by atoms with Gasteiger partial charge in [0.1, 0.15) is 5.82 Å². The van der Waals surface area contributed by atoms with Crippen molar-refractivity contribution in [1.82, 2.24) is 5.32 Å². The van der Waals surface area contributed by atoms with E-state index in [2.05, 4.69) is 5.32 Å². The van der Waals surface area contributed by atoms with Gasteiger partial charge in [0.05, 0.1) is 6.61 Å². The number of likely N-dealkylation sites (N-methyl/N-ethyl adjacent to an activating group) is 1. The molecule has 0 saturated heterocycles. The zero-order chi connectivity index (χ0) is 11.1. The van der Waals surface area contributed by atoms with Gasteiger partial charge in [0, 0.05) is 12.6 Å². The van der Waals surface area contributed by atoms with E-state index in [9.17, 15) is 4.39 Å². The number of hydrogen-bond donors (Lipinski definition) is 1. The van der Waals surface area contributed by atoms with E-state index in [1.165, 1.54) is 6.07 Å². The monoisotopic (exact) mass is 211 g/mol. The number of halogens is 1. The van der Waals surface area contributed by atoms with Crippen molar-refractivity contribution >= 4 is 0 Å². The van der Waals surface area contributed by atoms with Crippen molar-refractivity contribution in [3.63, 3.8) is 0 Å². The molecule has 1 aromatic rings. The van der Waals surface area contributed by atoms with Crippen LogP contribution in [0.5, 0.6) is 0 Å². The minimum absolute atomic E-state index is 0.182. The molecule has 0 aliphatic heterocycles. The molecule has 0 radical (unpaired) electrons. The maximum atomic E-state index is 12.9. The fourth-order valence-electron chi connectivity index (χ4n) is 1.45. The summed E-state index contributed by atoms with van der Waals surface area (Å²) >= 11 is 0. The Balaban J connectivity index is 2.50. The Hall–Kier alpha value is -0.930. The fourth-order valence-corrected chi connectivity index (χ4v) is 1.45. The molecule has 0 heterocycles. The molecule has 0 saturated carbocycles. The molecule has 3 heteroatoms. The van der Waals surface area contributed by atoms with E-state index >= 15 is 0 Å². The van der Waals surface area contributed by atoms with Gasteiger partial charge in [0.2, 0.25) is 0 Å². The molecule has 0 bridgehead atoms. The van der Waals surface area contributed by atoms with Crippen LogP contribution in [0.3, 0.4) is 0 Å². The molecular weight excluding hydrogens is 193 g/mol. The molecule has 0 aliphatic carbocycles. The molecule has 1 atom stereocenters. The first-order valence-corrected chi connectivity index (χ1v) is 5.25. The van der Waals surface area contributed by atoms with Gasteiger partial charge in [0.15, 0.2) is 0 Å². The van der Waals surface area contributed by atoms with Crippen molar-refractivity contribution in [2.24, 2.45) is 0 Å². The predicted molar refractivity (Wildman–Crippen MR) is 59.4 cm³/mol. The number of benzene rings is 1. The summed E-state index contributed by atoms with van der Waals surface area (Å²) in [6.07, 6.45) is 0.786. The van der Waals surface area contributed by atoms with Gasteiger partial charge in [-0.15, -0.1) is 0 Å². The fraction of sp³-hybridized carbons (Fsp3) is 0.500. The molecule has 0 aromatic heterocycles. The summed E-state index contributed by atoms with van der Waals surface area (Å²) < 4.78 is 18.3. The maximum absolute atomic E-state index is 12.9. The Kier molecular flexibility index (Phi) is 5.29. The average Bonchev–Trinajstić information content (AvgIpc) is 2.24. The van der Waals surface area contributed by atoms with Crippen LogP contribution in [0.15, 0.2) is 24.3 Å². The van der Waals surface area contributed by atoms with Gasteiger partial charge in [-0.05, 0) is 38.1 Å². The smallest absolute Gasteiger partial charge is 0.123 e. The third-order valence-electron chi connectivity index (χ3n) is 2.30. The number of nitrogens with one attached hydrogen (secondary N) is 1. The molecule has 1 aromatic carbocycles. The number of ether oxygens (including phenoxy) is 1. The Morgan fingerprint density at radius 1 is 1.47 bits per heavy atom. The van der Waals surface area contributed by atoms with Crippen molar-refractivity contribution in [1.29, 1.82) is 0 Å². The Morgan fingerprint density at radius 2 is 2.27 bits per heavy atom. The molecule has 15 heavy (non-hydrogen) atoms. The molecule has 0 amide bonds. The van der Waals surface area contributed by atoms with Gasteiger partial charge in [0.25, 0.3) is 0 Å². The standard InChI is InChI=1S/C12H18FNO/c1-3-15-9-12(14-2)8-10-5-4-6-11(13)7-10/h4-7,12,14H,3,8-9H2,1-2H3. The molecule has 1 rings (SSSR count). The lowest BCUT2D eigenvalue weighted by Crippen LogP contribution is -2.32. The highest BCUT2D eigenvalue weighted by molar-refractivity contribution is 5.17.